The molecule has 0 unspecified atom stereocenters. The quantitative estimate of drug-likeness (QED) is 0.523. The lowest BCUT2D eigenvalue weighted by atomic mass is 10.2. The topological polar surface area (TPSA) is 46.9 Å². The monoisotopic (exact) mass is 369 g/mol. The van der Waals surface area contributed by atoms with Crippen LogP contribution in [0.1, 0.15) is 16.9 Å². The van der Waals surface area contributed by atoms with Gasteiger partial charge in [0.2, 0.25) is 0 Å². The highest BCUT2D eigenvalue weighted by Crippen LogP contribution is 2.30. The van der Waals surface area contributed by atoms with E-state index in [1.54, 1.807) is 60.0 Å². The van der Waals surface area contributed by atoms with Crippen LogP contribution >= 0.6 is 11.3 Å². The van der Waals surface area contributed by atoms with Crippen LogP contribution in [0, 0.1) is 0 Å². The van der Waals surface area contributed by atoms with Gasteiger partial charge < -0.3 is 5.32 Å². The molecule has 7 heteroatoms. The molecular formula is C19H13F2N3OS. The van der Waals surface area contributed by atoms with E-state index in [0.717, 1.165) is 4.57 Å². The van der Waals surface area contributed by atoms with E-state index in [-0.39, 0.29) is 11.7 Å². The Kier molecular flexibility index (Phi) is 4.22. The molecule has 1 N–H and O–H groups in total. The summed E-state index contributed by atoms with van der Waals surface area (Å²) < 4.78 is 28.0. The first-order valence-corrected chi connectivity index (χ1v) is 8.77. The summed E-state index contributed by atoms with van der Waals surface area (Å²) in [5.74, 6) is -0.0178. The average molecular weight is 369 g/mol. The minimum absolute atomic E-state index is 0.192. The number of hydrogen-bond donors (Lipinski definition) is 1. The normalized spacial score (nSPS) is 11.2. The van der Waals surface area contributed by atoms with Gasteiger partial charge in [0.15, 0.2) is 0 Å². The maximum Gasteiger partial charge on any atom is 0.320 e. The minimum Gasteiger partial charge on any atom is -0.322 e. The van der Waals surface area contributed by atoms with Gasteiger partial charge in [-0.25, -0.2) is 4.98 Å². The van der Waals surface area contributed by atoms with E-state index in [9.17, 15) is 13.6 Å². The van der Waals surface area contributed by atoms with Crippen LogP contribution in [-0.4, -0.2) is 15.5 Å². The van der Waals surface area contributed by atoms with Crippen LogP contribution in [-0.2, 0) is 0 Å². The molecule has 2 aromatic heterocycles. The zero-order chi connectivity index (χ0) is 18.1. The lowest BCUT2D eigenvalue weighted by Gasteiger charge is -2.09. The van der Waals surface area contributed by atoms with Gasteiger partial charge in [-0.05, 0) is 47.8 Å². The number of amides is 1. The number of nitrogens with zero attached hydrogens (tertiary/aromatic N) is 2. The molecule has 4 aromatic rings. The number of alkyl halides is 2. The van der Waals surface area contributed by atoms with Crippen LogP contribution in [0.15, 0.2) is 65.4 Å². The number of imidazole rings is 1. The molecule has 0 saturated carbocycles. The third-order valence-electron chi connectivity index (χ3n) is 3.98. The van der Waals surface area contributed by atoms with E-state index in [2.05, 4.69) is 10.3 Å². The zero-order valence-corrected chi connectivity index (χ0v) is 14.2. The van der Waals surface area contributed by atoms with Gasteiger partial charge in [0.05, 0.1) is 16.6 Å². The van der Waals surface area contributed by atoms with Gasteiger partial charge in [0.1, 0.15) is 5.82 Å². The predicted octanol–water partition coefficient (Wildman–Crippen LogP) is 5.41. The van der Waals surface area contributed by atoms with Crippen LogP contribution in [0.5, 0.6) is 0 Å². The average Bonchev–Trinajstić information content (AvgIpc) is 3.30. The smallest absolute Gasteiger partial charge is 0.320 e. The zero-order valence-electron chi connectivity index (χ0n) is 13.4. The van der Waals surface area contributed by atoms with Crippen molar-refractivity contribution in [3.8, 4) is 11.4 Å². The van der Waals surface area contributed by atoms with Crippen molar-refractivity contribution < 1.29 is 13.6 Å². The first kappa shape index (κ1) is 16.4. The van der Waals surface area contributed by atoms with Crippen LogP contribution < -0.4 is 5.32 Å². The first-order valence-electron chi connectivity index (χ1n) is 7.82. The Morgan fingerprint density at radius 3 is 2.54 bits per heavy atom. The van der Waals surface area contributed by atoms with Crippen LogP contribution in [0.25, 0.3) is 22.4 Å². The molecule has 26 heavy (non-hydrogen) atoms. The predicted molar refractivity (Wildman–Crippen MR) is 98.7 cm³/mol. The molecule has 130 valence electrons. The van der Waals surface area contributed by atoms with Crippen molar-refractivity contribution in [3.05, 3.63) is 70.9 Å². The fraction of sp³-hybridized carbons (Fsp3) is 0.0526. The highest BCUT2D eigenvalue weighted by atomic mass is 32.1. The van der Waals surface area contributed by atoms with Crippen molar-refractivity contribution in [2.24, 2.45) is 0 Å². The van der Waals surface area contributed by atoms with E-state index >= 15 is 0 Å². The Balaban J connectivity index is 1.66. The van der Waals surface area contributed by atoms with Gasteiger partial charge in [0, 0.05) is 16.6 Å². The largest absolute Gasteiger partial charge is 0.322 e. The summed E-state index contributed by atoms with van der Waals surface area (Å²) in [4.78, 5) is 16.4. The molecule has 0 fully saturated rings. The maximum absolute atomic E-state index is 13.6. The second kappa shape index (κ2) is 6.68. The summed E-state index contributed by atoms with van der Waals surface area (Å²) in [6, 6.07) is 15.2. The molecule has 0 radical (unpaired) electrons. The number of fused-ring (bicyclic) bond motifs is 1. The molecule has 4 rings (SSSR count). The molecule has 0 aliphatic heterocycles. The summed E-state index contributed by atoms with van der Waals surface area (Å²) in [6.45, 7) is -2.70. The fourth-order valence-electron chi connectivity index (χ4n) is 2.75. The van der Waals surface area contributed by atoms with Gasteiger partial charge in [-0.15, -0.1) is 0 Å². The van der Waals surface area contributed by atoms with Crippen molar-refractivity contribution in [1.29, 1.82) is 0 Å². The molecule has 0 aliphatic carbocycles. The Labute approximate surface area is 151 Å². The van der Waals surface area contributed by atoms with Crippen molar-refractivity contribution in [3.63, 3.8) is 0 Å². The summed E-state index contributed by atoms with van der Waals surface area (Å²) in [5, 5.41) is 6.36. The van der Waals surface area contributed by atoms with Crippen molar-refractivity contribution >= 4 is 34.0 Å². The SMILES string of the molecule is O=C(Nc1ccc(-c2nc3ccccc3n2C(F)F)cc1)c1ccsc1. The maximum atomic E-state index is 13.6. The van der Waals surface area contributed by atoms with E-state index in [1.165, 1.54) is 11.3 Å². The highest BCUT2D eigenvalue weighted by molar-refractivity contribution is 7.08. The number of carbonyl (C=O) groups excluding carboxylic acids is 1. The number of carbonyl (C=O) groups is 1. The van der Waals surface area contributed by atoms with Crippen molar-refractivity contribution in [2.45, 2.75) is 6.55 Å². The van der Waals surface area contributed by atoms with Crippen LogP contribution in [0.3, 0.4) is 0 Å². The molecule has 1 amide bonds. The van der Waals surface area contributed by atoms with Gasteiger partial charge in [-0.2, -0.15) is 20.1 Å². The second-order valence-corrected chi connectivity index (χ2v) is 6.40. The fourth-order valence-corrected chi connectivity index (χ4v) is 3.38. The lowest BCUT2D eigenvalue weighted by Crippen LogP contribution is -2.10. The standard InChI is InChI=1S/C19H13F2N3OS/c20-19(21)24-16-4-2-1-3-15(16)23-17(24)12-5-7-14(8-6-12)22-18(25)13-9-10-26-11-13/h1-11,19H,(H,22,25). The molecule has 0 saturated heterocycles. The van der Waals surface area contributed by atoms with E-state index in [4.69, 9.17) is 0 Å². The number of thiophene rings is 1. The number of anilines is 1. The summed E-state index contributed by atoms with van der Waals surface area (Å²) in [5.41, 5.74) is 2.61. The molecule has 0 aliphatic rings. The van der Waals surface area contributed by atoms with Gasteiger partial charge in [-0.1, -0.05) is 12.1 Å². The van der Waals surface area contributed by atoms with E-state index in [0.29, 0.717) is 27.8 Å². The molecular weight excluding hydrogens is 356 g/mol. The molecule has 0 spiro atoms. The summed E-state index contributed by atoms with van der Waals surface area (Å²) in [6.07, 6.45) is 0. The number of nitrogens with one attached hydrogen (secondary N) is 1. The number of benzene rings is 2. The summed E-state index contributed by atoms with van der Waals surface area (Å²) in [7, 11) is 0. The Morgan fingerprint density at radius 2 is 1.85 bits per heavy atom. The second-order valence-electron chi connectivity index (χ2n) is 5.62. The van der Waals surface area contributed by atoms with Gasteiger partial charge in [-0.3, -0.25) is 9.36 Å². The molecule has 2 heterocycles. The number of para-hydroxylation sites is 2. The lowest BCUT2D eigenvalue weighted by molar-refractivity contribution is 0.0764. The minimum atomic E-state index is -2.70. The Morgan fingerprint density at radius 1 is 1.08 bits per heavy atom. The third-order valence-corrected chi connectivity index (χ3v) is 4.66. The number of hydrogen-bond acceptors (Lipinski definition) is 3. The summed E-state index contributed by atoms with van der Waals surface area (Å²) >= 11 is 1.44. The van der Waals surface area contributed by atoms with E-state index in [1.807, 2.05) is 5.38 Å². The Bertz CT molecular complexity index is 1060. The molecule has 0 atom stereocenters. The van der Waals surface area contributed by atoms with E-state index < -0.39 is 6.55 Å². The van der Waals surface area contributed by atoms with Gasteiger partial charge >= 0.3 is 6.55 Å². The first-order chi connectivity index (χ1) is 12.6. The third kappa shape index (κ3) is 2.97. The Hall–Kier alpha value is -3.06. The van der Waals surface area contributed by atoms with Crippen molar-refractivity contribution in [2.75, 3.05) is 5.32 Å². The number of aromatic nitrogens is 2. The van der Waals surface area contributed by atoms with Crippen molar-refractivity contribution in [1.82, 2.24) is 9.55 Å². The van der Waals surface area contributed by atoms with Gasteiger partial charge in [0.25, 0.3) is 5.91 Å². The molecule has 4 nitrogen and oxygen atoms in total. The number of halogens is 2. The van der Waals surface area contributed by atoms with Crippen LogP contribution in [0.2, 0.25) is 0 Å². The number of rotatable bonds is 4. The highest BCUT2D eigenvalue weighted by Gasteiger charge is 2.18. The van der Waals surface area contributed by atoms with Crippen LogP contribution in [0.4, 0.5) is 14.5 Å². The molecule has 0 bridgehead atoms. The molecule has 2 aromatic carbocycles.